The Kier molecular flexibility index (Phi) is 3.91. The molecule has 1 aromatic rings. The molecular formula is C12H12O6. The first-order valence-corrected chi connectivity index (χ1v) is 5.37. The molecule has 1 unspecified atom stereocenters. The molecule has 0 saturated carbocycles. The van der Waals surface area contributed by atoms with Crippen molar-refractivity contribution in [2.24, 2.45) is 0 Å². The van der Waals surface area contributed by atoms with E-state index in [1.165, 1.54) is 0 Å². The lowest BCUT2D eigenvalue weighted by atomic mass is 10.1. The molecule has 0 radical (unpaired) electrons. The van der Waals surface area contributed by atoms with E-state index in [0.29, 0.717) is 11.1 Å². The number of benzene rings is 1. The summed E-state index contributed by atoms with van der Waals surface area (Å²) in [5.74, 6) is -1.01. The van der Waals surface area contributed by atoms with Gasteiger partial charge in [0.1, 0.15) is 6.61 Å². The number of hydrogen-bond donors (Lipinski definition) is 1. The summed E-state index contributed by atoms with van der Waals surface area (Å²) in [6.45, 7) is -0.332. The second kappa shape index (κ2) is 5.61. The van der Waals surface area contributed by atoms with E-state index in [9.17, 15) is 9.59 Å². The van der Waals surface area contributed by atoms with Crippen molar-refractivity contribution in [1.29, 1.82) is 0 Å². The second-order valence-corrected chi connectivity index (χ2v) is 3.68. The molecule has 1 fully saturated rings. The molecule has 1 aromatic carbocycles. The lowest BCUT2D eigenvalue weighted by Gasteiger charge is -2.09. The van der Waals surface area contributed by atoms with Gasteiger partial charge in [-0.15, -0.1) is 0 Å². The van der Waals surface area contributed by atoms with Gasteiger partial charge in [-0.05, 0) is 17.7 Å². The lowest BCUT2D eigenvalue weighted by molar-refractivity contribution is -0.146. The minimum atomic E-state index is -0.821. The highest BCUT2D eigenvalue weighted by atomic mass is 16.8. The monoisotopic (exact) mass is 252 g/mol. The highest BCUT2D eigenvalue weighted by Crippen LogP contribution is 2.09. The third-order valence-corrected chi connectivity index (χ3v) is 2.37. The molecule has 0 aliphatic carbocycles. The van der Waals surface area contributed by atoms with Crippen molar-refractivity contribution in [2.45, 2.75) is 12.9 Å². The molecule has 96 valence electrons. The van der Waals surface area contributed by atoms with Gasteiger partial charge in [-0.3, -0.25) is 0 Å². The molecule has 6 heteroatoms. The molecule has 0 amide bonds. The zero-order chi connectivity index (χ0) is 13.0. The molecule has 0 spiro atoms. The number of cyclic esters (lactones) is 1. The smallest absolute Gasteiger partial charge is 0.338 e. The molecule has 0 aromatic heterocycles. The van der Waals surface area contributed by atoms with E-state index in [1.54, 1.807) is 24.3 Å². The van der Waals surface area contributed by atoms with Crippen LogP contribution in [0.25, 0.3) is 0 Å². The van der Waals surface area contributed by atoms with Crippen molar-refractivity contribution >= 4 is 11.9 Å². The van der Waals surface area contributed by atoms with Crippen LogP contribution in [0.15, 0.2) is 24.3 Å². The maximum atomic E-state index is 11.6. The van der Waals surface area contributed by atoms with Crippen molar-refractivity contribution in [3.05, 3.63) is 35.4 Å². The average Bonchev–Trinajstić information content (AvgIpc) is 2.82. The zero-order valence-corrected chi connectivity index (χ0v) is 9.50. The Hall–Kier alpha value is -1.92. The summed E-state index contributed by atoms with van der Waals surface area (Å²) in [5, 5.41) is 8.86. The van der Waals surface area contributed by atoms with Gasteiger partial charge in [-0.1, -0.05) is 12.1 Å². The summed E-state index contributed by atoms with van der Waals surface area (Å²) >= 11 is 0. The number of esters is 2. The van der Waals surface area contributed by atoms with Gasteiger partial charge in [0.05, 0.1) is 12.2 Å². The van der Waals surface area contributed by atoms with Crippen LogP contribution in [0.2, 0.25) is 0 Å². The summed E-state index contributed by atoms with van der Waals surface area (Å²) < 4.78 is 14.5. The van der Waals surface area contributed by atoms with Gasteiger partial charge < -0.3 is 19.3 Å². The highest BCUT2D eigenvalue weighted by molar-refractivity contribution is 5.89. The fraction of sp³-hybridized carbons (Fsp3) is 0.333. The first-order valence-electron chi connectivity index (χ1n) is 5.37. The highest BCUT2D eigenvalue weighted by Gasteiger charge is 2.25. The average molecular weight is 252 g/mol. The number of carbonyl (C=O) groups excluding carboxylic acids is 2. The topological polar surface area (TPSA) is 82.1 Å². The van der Waals surface area contributed by atoms with Crippen LogP contribution in [0.5, 0.6) is 0 Å². The molecule has 1 saturated heterocycles. The third-order valence-electron chi connectivity index (χ3n) is 2.37. The Bertz CT molecular complexity index is 438. The Balaban J connectivity index is 1.85. The van der Waals surface area contributed by atoms with E-state index < -0.39 is 18.2 Å². The molecule has 6 nitrogen and oxygen atoms in total. The van der Waals surface area contributed by atoms with E-state index in [-0.39, 0.29) is 19.8 Å². The largest absolute Gasteiger partial charge is 0.455 e. The molecule has 1 aliphatic rings. The number of hydrogen-bond acceptors (Lipinski definition) is 6. The molecule has 18 heavy (non-hydrogen) atoms. The Morgan fingerprint density at radius 1 is 1.39 bits per heavy atom. The first kappa shape index (κ1) is 12.5. The van der Waals surface area contributed by atoms with Crippen LogP contribution in [0.3, 0.4) is 0 Å². The zero-order valence-electron chi connectivity index (χ0n) is 9.50. The predicted molar refractivity (Wildman–Crippen MR) is 58.5 cm³/mol. The van der Waals surface area contributed by atoms with Crippen molar-refractivity contribution in [2.75, 3.05) is 13.2 Å². The Morgan fingerprint density at radius 2 is 2.11 bits per heavy atom. The second-order valence-electron chi connectivity index (χ2n) is 3.68. The molecule has 1 heterocycles. The summed E-state index contributed by atoms with van der Waals surface area (Å²) in [5.41, 5.74) is 1.07. The van der Waals surface area contributed by atoms with Gasteiger partial charge in [0.25, 0.3) is 0 Å². The number of rotatable bonds is 4. The quantitative estimate of drug-likeness (QED) is 0.773. The molecule has 2 rings (SSSR count). The van der Waals surface area contributed by atoms with E-state index in [0.717, 1.165) is 0 Å². The van der Waals surface area contributed by atoms with Crippen LogP contribution in [0.4, 0.5) is 0 Å². The standard InChI is InChI=1S/C12H12O6/c13-5-8-1-3-9(4-2-8)12(15)17-7-11-16-6-10(14)18-11/h1-4,11,13H,5-7H2. The fourth-order valence-corrected chi connectivity index (χ4v) is 1.43. The SMILES string of the molecule is O=C1COC(COC(=O)c2ccc(CO)cc2)O1. The number of aliphatic hydroxyl groups is 1. The summed E-state index contributed by atoms with van der Waals surface area (Å²) in [6, 6.07) is 6.36. The fourth-order valence-electron chi connectivity index (χ4n) is 1.43. The molecular weight excluding hydrogens is 240 g/mol. The molecule has 1 aliphatic heterocycles. The van der Waals surface area contributed by atoms with E-state index in [2.05, 4.69) is 0 Å². The van der Waals surface area contributed by atoms with Crippen LogP contribution >= 0.6 is 0 Å². The first-order chi connectivity index (χ1) is 8.69. The summed E-state index contributed by atoms with van der Waals surface area (Å²) in [4.78, 5) is 22.3. The van der Waals surface area contributed by atoms with Gasteiger partial charge in [0.2, 0.25) is 6.29 Å². The van der Waals surface area contributed by atoms with Crippen LogP contribution in [-0.4, -0.2) is 36.5 Å². The summed E-state index contributed by atoms with van der Waals surface area (Å²) in [7, 11) is 0. The van der Waals surface area contributed by atoms with E-state index in [1.807, 2.05) is 0 Å². The molecule has 1 atom stereocenters. The minimum absolute atomic E-state index is 0.0821. The maximum Gasteiger partial charge on any atom is 0.338 e. The van der Waals surface area contributed by atoms with Crippen LogP contribution in [0, 0.1) is 0 Å². The third kappa shape index (κ3) is 3.06. The lowest BCUT2D eigenvalue weighted by Crippen LogP contribution is -2.19. The van der Waals surface area contributed by atoms with Gasteiger partial charge in [-0.25, -0.2) is 9.59 Å². The van der Waals surface area contributed by atoms with Crippen LogP contribution in [0.1, 0.15) is 15.9 Å². The number of carbonyl (C=O) groups is 2. The van der Waals surface area contributed by atoms with Gasteiger partial charge >= 0.3 is 11.9 Å². The van der Waals surface area contributed by atoms with Crippen LogP contribution in [-0.2, 0) is 25.6 Å². The Labute approximate surface area is 103 Å². The van der Waals surface area contributed by atoms with Gasteiger partial charge in [0.15, 0.2) is 6.61 Å². The van der Waals surface area contributed by atoms with Crippen molar-refractivity contribution in [1.82, 2.24) is 0 Å². The molecule has 1 N–H and O–H groups in total. The molecule has 0 bridgehead atoms. The van der Waals surface area contributed by atoms with Crippen molar-refractivity contribution in [3.8, 4) is 0 Å². The van der Waals surface area contributed by atoms with Gasteiger partial charge in [-0.2, -0.15) is 0 Å². The predicted octanol–water partition coefficient (Wildman–Crippen LogP) is 0.235. The van der Waals surface area contributed by atoms with Crippen molar-refractivity contribution < 1.29 is 28.9 Å². The van der Waals surface area contributed by atoms with Crippen molar-refractivity contribution in [3.63, 3.8) is 0 Å². The maximum absolute atomic E-state index is 11.6. The number of aliphatic hydroxyl groups excluding tert-OH is 1. The Morgan fingerprint density at radius 3 is 2.67 bits per heavy atom. The minimum Gasteiger partial charge on any atom is -0.455 e. The number of ether oxygens (including phenoxy) is 3. The van der Waals surface area contributed by atoms with E-state index in [4.69, 9.17) is 19.3 Å². The summed E-state index contributed by atoms with van der Waals surface area (Å²) in [6.07, 6.45) is -0.821. The van der Waals surface area contributed by atoms with E-state index >= 15 is 0 Å². The van der Waals surface area contributed by atoms with Gasteiger partial charge in [0, 0.05) is 0 Å². The normalized spacial score (nSPS) is 18.5. The van der Waals surface area contributed by atoms with Crippen LogP contribution < -0.4 is 0 Å².